The van der Waals surface area contributed by atoms with E-state index in [0.29, 0.717) is 0 Å². The number of hydrogen-bond donors (Lipinski definition) is 0. The van der Waals surface area contributed by atoms with E-state index in [1.807, 2.05) is 12.2 Å². The van der Waals surface area contributed by atoms with Crippen LogP contribution in [0.25, 0.3) is 20.9 Å². The van der Waals surface area contributed by atoms with Crippen LogP contribution in [0, 0.1) is 0 Å². The van der Waals surface area contributed by atoms with Gasteiger partial charge in [-0.15, -0.1) is 0 Å². The van der Waals surface area contributed by atoms with Crippen LogP contribution in [-0.4, -0.2) is 12.1 Å². The molecular weight excluding hydrogens is 180 g/mol. The average molecular weight is 192 g/mol. The lowest BCUT2D eigenvalue weighted by molar-refractivity contribution is 0.560. The summed E-state index contributed by atoms with van der Waals surface area (Å²) in [7, 11) is 0. The van der Waals surface area contributed by atoms with Crippen LogP contribution < -0.4 is 0 Å². The fourth-order valence-electron chi connectivity index (χ4n) is 1.48. The lowest BCUT2D eigenvalue weighted by atomic mass is 10.0. The van der Waals surface area contributed by atoms with E-state index in [-0.39, 0.29) is 12.1 Å². The third kappa shape index (κ3) is 3.39. The van der Waals surface area contributed by atoms with E-state index in [9.17, 15) is 0 Å². The van der Waals surface area contributed by atoms with E-state index in [2.05, 4.69) is 20.1 Å². The normalized spacial score (nSPS) is 26.6. The second-order valence-corrected chi connectivity index (χ2v) is 3.21. The highest BCUT2D eigenvalue weighted by Crippen LogP contribution is 2.16. The Balaban J connectivity index is 2.68. The van der Waals surface area contributed by atoms with Gasteiger partial charge in [-0.25, -0.2) is 0 Å². The van der Waals surface area contributed by atoms with Crippen LogP contribution in [0.2, 0.25) is 0 Å². The molecule has 0 aromatic rings. The summed E-state index contributed by atoms with van der Waals surface area (Å²) in [4.78, 5) is 5.55. The number of azide groups is 2. The fraction of sp³-hybridized carbons (Fsp3) is 0.750. The average Bonchev–Trinajstić information content (AvgIpc) is 2.15. The summed E-state index contributed by atoms with van der Waals surface area (Å²) in [5.41, 5.74) is 16.6. The van der Waals surface area contributed by atoms with Gasteiger partial charge >= 0.3 is 0 Å². The summed E-state index contributed by atoms with van der Waals surface area (Å²) in [5.74, 6) is 0. The van der Waals surface area contributed by atoms with Crippen molar-refractivity contribution in [2.45, 2.75) is 37.8 Å². The first kappa shape index (κ1) is 10.4. The predicted molar refractivity (Wildman–Crippen MR) is 53.5 cm³/mol. The Morgan fingerprint density at radius 2 is 1.36 bits per heavy atom. The number of nitrogens with zero attached hydrogens (tertiary/aromatic N) is 6. The predicted octanol–water partition coefficient (Wildman–Crippen LogP) is 3.47. The number of hydrogen-bond acceptors (Lipinski definition) is 2. The first-order valence-electron chi connectivity index (χ1n) is 4.63. The first-order valence-corrected chi connectivity index (χ1v) is 4.63. The molecule has 0 aromatic heterocycles. The molecule has 0 radical (unpaired) electrons. The van der Waals surface area contributed by atoms with Crippen LogP contribution >= 0.6 is 0 Å². The quantitative estimate of drug-likeness (QED) is 0.277. The summed E-state index contributed by atoms with van der Waals surface area (Å²) in [6.07, 6.45) is 7.43. The molecule has 2 unspecified atom stereocenters. The molecule has 0 aromatic carbocycles. The minimum absolute atomic E-state index is 0.0864. The molecule has 2 atom stereocenters. The Kier molecular flexibility index (Phi) is 4.41. The highest BCUT2D eigenvalue weighted by molar-refractivity contribution is 5.01. The third-order valence-electron chi connectivity index (χ3n) is 2.21. The Hall–Kier alpha value is -1.64. The van der Waals surface area contributed by atoms with Crippen molar-refractivity contribution in [3.63, 3.8) is 0 Å². The molecule has 1 aliphatic rings. The van der Waals surface area contributed by atoms with Crippen molar-refractivity contribution in [2.75, 3.05) is 0 Å². The molecule has 6 heteroatoms. The smallest absolute Gasteiger partial charge is 0.0555 e. The molecule has 0 fully saturated rings. The zero-order valence-electron chi connectivity index (χ0n) is 7.82. The van der Waals surface area contributed by atoms with E-state index < -0.39 is 0 Å². The molecule has 0 amide bonds. The minimum atomic E-state index is -0.0864. The molecule has 0 saturated heterocycles. The van der Waals surface area contributed by atoms with Crippen LogP contribution in [-0.2, 0) is 0 Å². The van der Waals surface area contributed by atoms with Gasteiger partial charge in [-0.1, -0.05) is 35.2 Å². The molecule has 14 heavy (non-hydrogen) atoms. The zero-order chi connectivity index (χ0) is 10.2. The molecule has 1 rings (SSSR count). The van der Waals surface area contributed by atoms with Gasteiger partial charge in [0.15, 0.2) is 0 Å². The largest absolute Gasteiger partial charge is 0.0866 e. The summed E-state index contributed by atoms with van der Waals surface area (Å²) in [6.45, 7) is 0. The molecule has 0 bridgehead atoms. The highest BCUT2D eigenvalue weighted by atomic mass is 15.2. The summed E-state index contributed by atoms with van der Waals surface area (Å²) >= 11 is 0. The third-order valence-corrected chi connectivity index (χ3v) is 2.21. The zero-order valence-corrected chi connectivity index (χ0v) is 7.82. The molecule has 0 saturated carbocycles. The van der Waals surface area contributed by atoms with Gasteiger partial charge in [-0.3, -0.25) is 0 Å². The van der Waals surface area contributed by atoms with Gasteiger partial charge in [0.25, 0.3) is 0 Å². The standard InChI is InChI=1S/C8H12N6/c9-13-11-7-3-1-2-4-8(6-5-7)12-14-10/h5-8H,1-4H2. The van der Waals surface area contributed by atoms with Gasteiger partial charge in [0, 0.05) is 9.82 Å². The fourth-order valence-corrected chi connectivity index (χ4v) is 1.48. The molecule has 74 valence electrons. The Labute approximate surface area is 81.9 Å². The summed E-state index contributed by atoms with van der Waals surface area (Å²) < 4.78 is 0. The van der Waals surface area contributed by atoms with E-state index in [1.54, 1.807) is 0 Å². The van der Waals surface area contributed by atoms with E-state index in [4.69, 9.17) is 11.1 Å². The molecule has 0 spiro atoms. The van der Waals surface area contributed by atoms with Gasteiger partial charge in [0.2, 0.25) is 0 Å². The highest BCUT2D eigenvalue weighted by Gasteiger charge is 2.09. The summed E-state index contributed by atoms with van der Waals surface area (Å²) in [5, 5.41) is 7.28. The lowest BCUT2D eigenvalue weighted by Gasteiger charge is -2.12. The van der Waals surface area contributed by atoms with Gasteiger partial charge in [0.1, 0.15) is 0 Å². The van der Waals surface area contributed by atoms with Crippen molar-refractivity contribution in [2.24, 2.45) is 10.2 Å². The second-order valence-electron chi connectivity index (χ2n) is 3.21. The van der Waals surface area contributed by atoms with Crippen molar-refractivity contribution in [3.05, 3.63) is 33.0 Å². The minimum Gasteiger partial charge on any atom is -0.0866 e. The van der Waals surface area contributed by atoms with Crippen molar-refractivity contribution in [3.8, 4) is 0 Å². The first-order chi connectivity index (χ1) is 6.86. The Bertz CT molecular complexity index is 267. The molecule has 6 nitrogen and oxygen atoms in total. The lowest BCUT2D eigenvalue weighted by Crippen LogP contribution is -2.07. The van der Waals surface area contributed by atoms with Crippen LogP contribution in [0.15, 0.2) is 22.4 Å². The van der Waals surface area contributed by atoms with E-state index in [0.717, 1.165) is 25.7 Å². The number of rotatable bonds is 2. The monoisotopic (exact) mass is 192 g/mol. The van der Waals surface area contributed by atoms with Crippen LogP contribution in [0.4, 0.5) is 0 Å². The van der Waals surface area contributed by atoms with Gasteiger partial charge in [-0.2, -0.15) is 0 Å². The molecule has 0 aliphatic heterocycles. The van der Waals surface area contributed by atoms with Gasteiger partial charge in [0.05, 0.1) is 12.1 Å². The van der Waals surface area contributed by atoms with Crippen molar-refractivity contribution < 1.29 is 0 Å². The Morgan fingerprint density at radius 3 is 1.71 bits per heavy atom. The summed E-state index contributed by atoms with van der Waals surface area (Å²) in [6, 6.07) is -0.173. The maximum absolute atomic E-state index is 8.29. The van der Waals surface area contributed by atoms with E-state index >= 15 is 0 Å². The van der Waals surface area contributed by atoms with Crippen molar-refractivity contribution in [1.82, 2.24) is 0 Å². The second kappa shape index (κ2) is 5.91. The van der Waals surface area contributed by atoms with Crippen LogP contribution in [0.1, 0.15) is 25.7 Å². The van der Waals surface area contributed by atoms with Gasteiger partial charge < -0.3 is 0 Å². The van der Waals surface area contributed by atoms with Crippen LogP contribution in [0.3, 0.4) is 0 Å². The maximum Gasteiger partial charge on any atom is 0.0555 e. The maximum atomic E-state index is 8.29. The topological polar surface area (TPSA) is 97.5 Å². The molecule has 0 heterocycles. The van der Waals surface area contributed by atoms with Crippen LogP contribution in [0.5, 0.6) is 0 Å². The van der Waals surface area contributed by atoms with Crippen molar-refractivity contribution in [1.29, 1.82) is 0 Å². The van der Waals surface area contributed by atoms with Crippen molar-refractivity contribution >= 4 is 0 Å². The molecular formula is C8H12N6. The Morgan fingerprint density at radius 1 is 0.929 bits per heavy atom. The SMILES string of the molecule is [N-]=[N+]=NC1C=CC(N=[N+]=[N-])CCCC1. The van der Waals surface area contributed by atoms with Gasteiger partial charge in [-0.05, 0) is 23.9 Å². The molecule has 0 N–H and O–H groups in total. The molecule has 1 aliphatic carbocycles. The van der Waals surface area contributed by atoms with E-state index in [1.165, 1.54) is 0 Å².